The van der Waals surface area contributed by atoms with Crippen LogP contribution in [0.3, 0.4) is 0 Å². The number of halogens is 7. The molecule has 32 heavy (non-hydrogen) atoms. The second kappa shape index (κ2) is 9.16. The molecule has 0 saturated heterocycles. The van der Waals surface area contributed by atoms with Crippen LogP contribution < -0.4 is 5.32 Å². The van der Waals surface area contributed by atoms with Crippen molar-refractivity contribution in [3.8, 4) is 0 Å². The molecule has 1 N–H and O–H groups in total. The molecule has 0 aliphatic carbocycles. The third kappa shape index (κ3) is 5.45. The van der Waals surface area contributed by atoms with Gasteiger partial charge in [-0.3, -0.25) is 0 Å². The van der Waals surface area contributed by atoms with Gasteiger partial charge in [-0.15, -0.1) is 0 Å². The average molecular weight is 512 g/mol. The van der Waals surface area contributed by atoms with Crippen LogP contribution in [0.15, 0.2) is 53.8 Å². The van der Waals surface area contributed by atoms with E-state index < -0.39 is 60.6 Å². The maximum Gasteiger partial charge on any atom is 0.412 e. The first-order valence-electron chi connectivity index (χ1n) is 8.63. The molecule has 5 nitrogen and oxygen atoms in total. The fourth-order valence-corrected chi connectivity index (χ4v) is 4.61. The minimum absolute atomic E-state index is 0.0753. The zero-order valence-electron chi connectivity index (χ0n) is 15.7. The Morgan fingerprint density at radius 3 is 2.38 bits per heavy atom. The molecular weight excluding hydrogens is 500 g/mol. The van der Waals surface area contributed by atoms with Crippen LogP contribution in [0.1, 0.15) is 17.3 Å². The van der Waals surface area contributed by atoms with E-state index in [1.54, 1.807) is 0 Å². The highest BCUT2D eigenvalue weighted by atomic mass is 35.5. The Labute approximate surface area is 189 Å². The summed E-state index contributed by atoms with van der Waals surface area (Å²) in [6.07, 6.45) is -2.63. The molecule has 0 spiro atoms. The van der Waals surface area contributed by atoms with Gasteiger partial charge in [0.2, 0.25) is 0 Å². The van der Waals surface area contributed by atoms with Crippen molar-refractivity contribution in [2.75, 3.05) is 5.32 Å². The molecule has 0 unspecified atom stereocenters. The minimum atomic E-state index is -5.02. The molecule has 1 heterocycles. The lowest BCUT2D eigenvalue weighted by atomic mass is 10.1. The third-order valence-corrected chi connectivity index (χ3v) is 6.44. The molecular formula is C19H12Cl2F5N3O2S. The van der Waals surface area contributed by atoms with Crippen LogP contribution in [0.2, 0.25) is 10.0 Å². The number of sulfone groups is 1. The second-order valence-corrected chi connectivity index (χ2v) is 9.31. The molecule has 0 radical (unpaired) electrons. The van der Waals surface area contributed by atoms with Crippen molar-refractivity contribution in [1.82, 2.24) is 9.97 Å². The van der Waals surface area contributed by atoms with E-state index in [2.05, 4.69) is 9.97 Å². The number of hydrogen-bond donors (Lipinski definition) is 1. The van der Waals surface area contributed by atoms with Gasteiger partial charge in [0.1, 0.15) is 22.9 Å². The first-order valence-corrected chi connectivity index (χ1v) is 11.0. The van der Waals surface area contributed by atoms with Gasteiger partial charge in [0.15, 0.2) is 15.9 Å². The van der Waals surface area contributed by atoms with Crippen molar-refractivity contribution in [3.63, 3.8) is 0 Å². The van der Waals surface area contributed by atoms with Gasteiger partial charge in [0, 0.05) is 16.8 Å². The van der Waals surface area contributed by atoms with E-state index in [9.17, 15) is 30.4 Å². The molecule has 0 amide bonds. The predicted octanol–water partition coefficient (Wildman–Crippen LogP) is 5.75. The highest BCUT2D eigenvalue weighted by molar-refractivity contribution is 7.90. The Balaban J connectivity index is 1.98. The molecule has 3 aromatic rings. The molecule has 2 aromatic carbocycles. The summed E-state index contributed by atoms with van der Waals surface area (Å²) >= 11 is 11.6. The van der Waals surface area contributed by atoms with E-state index in [4.69, 9.17) is 23.2 Å². The van der Waals surface area contributed by atoms with Crippen molar-refractivity contribution in [3.05, 3.63) is 81.9 Å². The van der Waals surface area contributed by atoms with Crippen LogP contribution in [0.5, 0.6) is 0 Å². The third-order valence-electron chi connectivity index (χ3n) is 4.23. The van der Waals surface area contributed by atoms with E-state index in [1.165, 1.54) is 12.3 Å². The highest BCUT2D eigenvalue weighted by Gasteiger charge is 2.43. The summed E-state index contributed by atoms with van der Waals surface area (Å²) in [6.45, 7) is 0. The van der Waals surface area contributed by atoms with E-state index >= 15 is 0 Å². The van der Waals surface area contributed by atoms with Crippen LogP contribution in [-0.2, 0) is 15.6 Å². The topological polar surface area (TPSA) is 72.0 Å². The lowest BCUT2D eigenvalue weighted by Crippen LogP contribution is -2.29. The van der Waals surface area contributed by atoms with Gasteiger partial charge >= 0.3 is 6.18 Å². The molecule has 0 aliphatic rings. The van der Waals surface area contributed by atoms with Crippen LogP contribution in [0, 0.1) is 11.6 Å². The fourth-order valence-electron chi connectivity index (χ4n) is 2.78. The van der Waals surface area contributed by atoms with Gasteiger partial charge < -0.3 is 5.32 Å². The standard InChI is InChI=1S/C19H12Cl2F5N3O2S/c20-10-1-2-14(22)12(5-10)18(19(24,25)26)29-16-7-15(23)17(6-13(16)21)32(30,31)8-11-3-4-27-9-28-11/h1-7,9,18,29H,8H2/t18-/m1/s1. The first-order chi connectivity index (χ1) is 14.9. The molecule has 0 aliphatic heterocycles. The van der Waals surface area contributed by atoms with E-state index in [0.29, 0.717) is 12.1 Å². The summed E-state index contributed by atoms with van der Waals surface area (Å²) in [7, 11) is -4.28. The average Bonchev–Trinajstić information content (AvgIpc) is 2.69. The van der Waals surface area contributed by atoms with Crippen LogP contribution in [-0.4, -0.2) is 24.6 Å². The van der Waals surface area contributed by atoms with Crippen molar-refractivity contribution in [2.24, 2.45) is 0 Å². The summed E-state index contributed by atoms with van der Waals surface area (Å²) in [6, 6.07) is 2.43. The van der Waals surface area contributed by atoms with Crippen molar-refractivity contribution in [2.45, 2.75) is 22.9 Å². The highest BCUT2D eigenvalue weighted by Crippen LogP contribution is 2.40. The van der Waals surface area contributed by atoms with E-state index in [0.717, 1.165) is 24.5 Å². The summed E-state index contributed by atoms with van der Waals surface area (Å²) in [4.78, 5) is 6.55. The number of hydrogen-bond acceptors (Lipinski definition) is 5. The number of benzene rings is 2. The number of anilines is 1. The molecule has 0 bridgehead atoms. The van der Waals surface area contributed by atoms with Crippen LogP contribution in [0.25, 0.3) is 0 Å². The van der Waals surface area contributed by atoms with Crippen molar-refractivity contribution in [1.29, 1.82) is 0 Å². The quantitative estimate of drug-likeness (QED) is 0.426. The van der Waals surface area contributed by atoms with Gasteiger partial charge in [0.05, 0.1) is 22.2 Å². The zero-order valence-corrected chi connectivity index (χ0v) is 18.0. The van der Waals surface area contributed by atoms with Crippen LogP contribution in [0.4, 0.5) is 27.6 Å². The van der Waals surface area contributed by atoms with Gasteiger partial charge in [0.25, 0.3) is 0 Å². The Morgan fingerprint density at radius 1 is 1.03 bits per heavy atom. The molecule has 1 aromatic heterocycles. The smallest absolute Gasteiger partial charge is 0.369 e. The summed E-state index contributed by atoms with van der Waals surface area (Å²) in [5, 5.41) is 1.25. The molecule has 13 heteroatoms. The first kappa shape index (κ1) is 24.1. The van der Waals surface area contributed by atoms with Gasteiger partial charge in [-0.05, 0) is 36.4 Å². The number of alkyl halides is 3. The monoisotopic (exact) mass is 511 g/mol. The van der Waals surface area contributed by atoms with Crippen molar-refractivity contribution >= 4 is 38.7 Å². The van der Waals surface area contributed by atoms with Crippen LogP contribution >= 0.6 is 23.2 Å². The largest absolute Gasteiger partial charge is 0.412 e. The molecule has 1 atom stereocenters. The number of nitrogens with zero attached hydrogens (tertiary/aromatic N) is 2. The predicted molar refractivity (Wildman–Crippen MR) is 108 cm³/mol. The number of aromatic nitrogens is 2. The van der Waals surface area contributed by atoms with Gasteiger partial charge in [-0.1, -0.05) is 23.2 Å². The fraction of sp³-hybridized carbons (Fsp3) is 0.158. The maximum atomic E-state index is 14.6. The SMILES string of the molecule is O=S(=O)(Cc1ccncn1)c1cc(Cl)c(N[C@H](c2cc(Cl)ccc2F)C(F)(F)F)cc1F. The Bertz CT molecular complexity index is 1240. The number of nitrogens with one attached hydrogen (secondary N) is 1. The molecule has 170 valence electrons. The summed E-state index contributed by atoms with van der Waals surface area (Å²) in [5.41, 5.74) is -1.36. The maximum absolute atomic E-state index is 14.6. The lowest BCUT2D eigenvalue weighted by molar-refractivity contribution is -0.144. The Morgan fingerprint density at radius 2 is 1.75 bits per heavy atom. The minimum Gasteiger partial charge on any atom is -0.369 e. The summed E-state index contributed by atoms with van der Waals surface area (Å²) < 4.78 is 94.7. The van der Waals surface area contributed by atoms with Gasteiger partial charge in [-0.2, -0.15) is 13.2 Å². The molecule has 0 fully saturated rings. The van der Waals surface area contributed by atoms with E-state index in [-0.39, 0.29) is 10.7 Å². The normalized spacial score (nSPS) is 13.1. The Kier molecular flexibility index (Phi) is 6.91. The zero-order chi connectivity index (χ0) is 23.7. The van der Waals surface area contributed by atoms with Crippen molar-refractivity contribution < 1.29 is 30.4 Å². The van der Waals surface area contributed by atoms with Gasteiger partial charge in [-0.25, -0.2) is 27.2 Å². The second-order valence-electron chi connectivity index (χ2n) is 6.51. The molecule has 0 saturated carbocycles. The lowest BCUT2D eigenvalue weighted by Gasteiger charge is -2.24. The number of rotatable bonds is 6. The molecule has 3 rings (SSSR count). The Hall–Kier alpha value is -2.50. The van der Waals surface area contributed by atoms with E-state index in [1.807, 2.05) is 5.32 Å². The summed E-state index contributed by atoms with van der Waals surface area (Å²) in [5.74, 6) is -3.24.